The lowest BCUT2D eigenvalue weighted by Crippen LogP contribution is -2.30. The highest BCUT2D eigenvalue weighted by Crippen LogP contribution is 2.39. The Labute approximate surface area is 173 Å². The minimum atomic E-state index is -0.393. The third kappa shape index (κ3) is 4.10. The predicted octanol–water partition coefficient (Wildman–Crippen LogP) is 2.53. The molecular formula is C21H24N6O3. The molecule has 0 spiro atoms. The number of aromatic nitrogens is 5. The van der Waals surface area contributed by atoms with E-state index in [-0.39, 0.29) is 17.9 Å². The van der Waals surface area contributed by atoms with Crippen LogP contribution in [0.4, 0.5) is 5.69 Å². The number of fused-ring (bicyclic) bond motifs is 1. The SMILES string of the molecule is COc1cc(=O)n(CC(=O)Nc2ccn3ncnc3c2)nc1C1=CCC(C)(C)CC1. The Kier molecular flexibility index (Phi) is 5.11. The van der Waals surface area contributed by atoms with Crippen LogP contribution in [0.25, 0.3) is 11.2 Å². The molecular weight excluding hydrogens is 384 g/mol. The lowest BCUT2D eigenvalue weighted by Gasteiger charge is -2.28. The number of carbonyl (C=O) groups excluding carboxylic acids is 1. The summed E-state index contributed by atoms with van der Waals surface area (Å²) in [7, 11) is 1.52. The maximum Gasteiger partial charge on any atom is 0.270 e. The summed E-state index contributed by atoms with van der Waals surface area (Å²) in [6.45, 7) is 4.26. The zero-order valence-electron chi connectivity index (χ0n) is 17.3. The number of pyridine rings is 1. The Balaban J connectivity index is 1.56. The molecule has 3 aromatic heterocycles. The molecule has 0 saturated carbocycles. The lowest BCUT2D eigenvalue weighted by atomic mass is 9.78. The molecule has 1 aliphatic rings. The van der Waals surface area contributed by atoms with Gasteiger partial charge in [-0.1, -0.05) is 19.9 Å². The highest BCUT2D eigenvalue weighted by Gasteiger charge is 2.25. The van der Waals surface area contributed by atoms with Crippen LogP contribution in [0.3, 0.4) is 0 Å². The topological polar surface area (TPSA) is 103 Å². The number of hydrogen-bond donors (Lipinski definition) is 1. The van der Waals surface area contributed by atoms with Crippen molar-refractivity contribution in [3.8, 4) is 5.75 Å². The molecule has 0 radical (unpaired) electrons. The number of hydrogen-bond acceptors (Lipinski definition) is 6. The van der Waals surface area contributed by atoms with Crippen LogP contribution >= 0.6 is 0 Å². The van der Waals surface area contributed by atoms with Crippen LogP contribution in [-0.2, 0) is 11.3 Å². The van der Waals surface area contributed by atoms with E-state index in [9.17, 15) is 9.59 Å². The van der Waals surface area contributed by atoms with Crippen LogP contribution in [0, 0.1) is 5.41 Å². The molecule has 1 amide bonds. The van der Waals surface area contributed by atoms with Crippen molar-refractivity contribution in [2.24, 2.45) is 5.41 Å². The second-order valence-corrected chi connectivity index (χ2v) is 8.18. The quantitative estimate of drug-likeness (QED) is 0.696. The van der Waals surface area contributed by atoms with Crippen LogP contribution in [0.15, 0.2) is 41.6 Å². The molecule has 0 aromatic carbocycles. The predicted molar refractivity (Wildman–Crippen MR) is 112 cm³/mol. The van der Waals surface area contributed by atoms with E-state index in [1.807, 2.05) is 0 Å². The normalized spacial score (nSPS) is 15.6. The van der Waals surface area contributed by atoms with Crippen molar-refractivity contribution >= 4 is 22.8 Å². The summed E-state index contributed by atoms with van der Waals surface area (Å²) in [4.78, 5) is 29.1. The zero-order chi connectivity index (χ0) is 21.3. The van der Waals surface area contributed by atoms with E-state index in [2.05, 4.69) is 40.4 Å². The highest BCUT2D eigenvalue weighted by atomic mass is 16.5. The van der Waals surface area contributed by atoms with Gasteiger partial charge in [0.15, 0.2) is 11.4 Å². The lowest BCUT2D eigenvalue weighted by molar-refractivity contribution is -0.117. The van der Waals surface area contributed by atoms with Gasteiger partial charge in [-0.2, -0.15) is 10.2 Å². The van der Waals surface area contributed by atoms with Gasteiger partial charge in [-0.05, 0) is 36.3 Å². The number of carbonyl (C=O) groups is 1. The summed E-state index contributed by atoms with van der Waals surface area (Å²) in [6, 6.07) is 4.80. The third-order valence-corrected chi connectivity index (χ3v) is 5.32. The van der Waals surface area contributed by atoms with Gasteiger partial charge in [-0.3, -0.25) is 9.59 Å². The van der Waals surface area contributed by atoms with E-state index in [1.54, 1.807) is 22.8 Å². The molecule has 0 saturated heterocycles. The Morgan fingerprint density at radius 1 is 1.33 bits per heavy atom. The smallest absolute Gasteiger partial charge is 0.270 e. The van der Waals surface area contributed by atoms with Crippen LogP contribution < -0.4 is 15.6 Å². The Bertz CT molecular complexity index is 1190. The van der Waals surface area contributed by atoms with E-state index in [0.29, 0.717) is 22.8 Å². The molecule has 9 heteroatoms. The van der Waals surface area contributed by atoms with Gasteiger partial charge >= 0.3 is 0 Å². The van der Waals surface area contributed by atoms with Crippen molar-refractivity contribution in [3.05, 3.63) is 52.8 Å². The Morgan fingerprint density at radius 2 is 2.17 bits per heavy atom. The van der Waals surface area contributed by atoms with E-state index in [4.69, 9.17) is 4.74 Å². The summed E-state index contributed by atoms with van der Waals surface area (Å²) >= 11 is 0. The number of ether oxygens (including phenoxy) is 1. The van der Waals surface area contributed by atoms with Gasteiger partial charge in [-0.25, -0.2) is 14.2 Å². The van der Waals surface area contributed by atoms with Gasteiger partial charge in [0, 0.05) is 24.0 Å². The maximum atomic E-state index is 12.5. The minimum Gasteiger partial charge on any atom is -0.494 e. The van der Waals surface area contributed by atoms with Gasteiger partial charge in [-0.15, -0.1) is 0 Å². The first-order valence-corrected chi connectivity index (χ1v) is 9.79. The largest absolute Gasteiger partial charge is 0.494 e. The van der Waals surface area contributed by atoms with E-state index < -0.39 is 5.56 Å². The molecule has 0 atom stereocenters. The van der Waals surface area contributed by atoms with E-state index >= 15 is 0 Å². The maximum absolute atomic E-state index is 12.5. The Hall–Kier alpha value is -3.49. The first kappa shape index (κ1) is 19.8. The number of nitrogens with zero attached hydrogens (tertiary/aromatic N) is 5. The first-order chi connectivity index (χ1) is 14.3. The number of nitrogens with one attached hydrogen (secondary N) is 1. The molecule has 9 nitrogen and oxygen atoms in total. The number of amides is 1. The molecule has 4 rings (SSSR count). The van der Waals surface area contributed by atoms with E-state index in [0.717, 1.165) is 24.8 Å². The number of rotatable bonds is 5. The van der Waals surface area contributed by atoms with Crippen molar-refractivity contribution < 1.29 is 9.53 Å². The standard InChI is InChI=1S/C21H24N6O3/c1-21(2)7-4-14(5-8-21)20-16(30-3)11-19(29)27(25-20)12-18(28)24-15-6-9-26-17(10-15)22-13-23-26/h4,6,9-11,13H,5,7-8,12H2,1-3H3,(H,24,28). The zero-order valence-corrected chi connectivity index (χ0v) is 17.3. The van der Waals surface area contributed by atoms with Gasteiger partial charge in [0.2, 0.25) is 5.91 Å². The second-order valence-electron chi connectivity index (χ2n) is 8.18. The third-order valence-electron chi connectivity index (χ3n) is 5.32. The fraction of sp³-hybridized carbons (Fsp3) is 0.381. The molecule has 3 aromatic rings. The van der Waals surface area contributed by atoms with Crippen LogP contribution in [0.2, 0.25) is 0 Å². The highest BCUT2D eigenvalue weighted by molar-refractivity contribution is 5.90. The van der Waals surface area contributed by atoms with Gasteiger partial charge < -0.3 is 10.1 Å². The number of allylic oxidation sites excluding steroid dienone is 2. The summed E-state index contributed by atoms with van der Waals surface area (Å²) in [5, 5.41) is 11.3. The summed E-state index contributed by atoms with van der Waals surface area (Å²) in [5.41, 5.74) is 2.69. The van der Waals surface area contributed by atoms with Gasteiger partial charge in [0.05, 0.1) is 7.11 Å². The van der Waals surface area contributed by atoms with Crippen molar-refractivity contribution in [1.29, 1.82) is 0 Å². The molecule has 0 unspecified atom stereocenters. The molecule has 1 N–H and O–H groups in total. The van der Waals surface area contributed by atoms with E-state index in [1.165, 1.54) is 24.2 Å². The Morgan fingerprint density at radius 3 is 2.90 bits per heavy atom. The van der Waals surface area contributed by atoms with Gasteiger partial charge in [0.1, 0.15) is 18.6 Å². The fourth-order valence-electron chi connectivity index (χ4n) is 3.49. The second kappa shape index (κ2) is 7.74. The fourth-order valence-corrected chi connectivity index (χ4v) is 3.49. The van der Waals surface area contributed by atoms with Gasteiger partial charge in [0.25, 0.3) is 5.56 Å². The monoisotopic (exact) mass is 408 g/mol. The molecule has 156 valence electrons. The molecule has 1 aliphatic carbocycles. The van der Waals surface area contributed by atoms with Crippen LogP contribution in [0.1, 0.15) is 38.8 Å². The molecule has 30 heavy (non-hydrogen) atoms. The van der Waals surface area contributed by atoms with Crippen molar-refractivity contribution in [3.63, 3.8) is 0 Å². The van der Waals surface area contributed by atoms with Crippen LogP contribution in [-0.4, -0.2) is 37.4 Å². The van der Waals surface area contributed by atoms with Crippen molar-refractivity contribution in [2.45, 2.75) is 39.7 Å². The summed E-state index contributed by atoms with van der Waals surface area (Å²) in [6.07, 6.45) is 8.08. The number of anilines is 1. The average Bonchev–Trinajstić information content (AvgIpc) is 3.17. The van der Waals surface area contributed by atoms with Crippen molar-refractivity contribution in [1.82, 2.24) is 24.4 Å². The number of methoxy groups -OCH3 is 1. The molecule has 3 heterocycles. The molecule has 0 aliphatic heterocycles. The summed E-state index contributed by atoms with van der Waals surface area (Å²) < 4.78 is 8.15. The molecule has 0 bridgehead atoms. The van der Waals surface area contributed by atoms with Crippen LogP contribution in [0.5, 0.6) is 5.75 Å². The molecule has 0 fully saturated rings. The average molecular weight is 408 g/mol. The summed E-state index contributed by atoms with van der Waals surface area (Å²) in [5.74, 6) is 0.0724. The van der Waals surface area contributed by atoms with Crippen molar-refractivity contribution in [2.75, 3.05) is 12.4 Å². The first-order valence-electron chi connectivity index (χ1n) is 9.79. The minimum absolute atomic E-state index is 0.202.